The third-order valence-electron chi connectivity index (χ3n) is 4.09. The molecule has 0 saturated heterocycles. The summed E-state index contributed by atoms with van der Waals surface area (Å²) in [6, 6.07) is 7.06. The molecule has 2 N–H and O–H groups in total. The first-order valence-corrected chi connectivity index (χ1v) is 8.35. The Kier molecular flexibility index (Phi) is 4.90. The summed E-state index contributed by atoms with van der Waals surface area (Å²) < 4.78 is 5.45. The summed E-state index contributed by atoms with van der Waals surface area (Å²) in [5, 5.41) is 22.6. The normalized spacial score (nSPS) is 16.7. The molecule has 1 aliphatic rings. The molecule has 9 nitrogen and oxygen atoms in total. The minimum absolute atomic E-state index is 0.278. The molecule has 0 spiro atoms. The molecular formula is C18H18N6O3. The number of nitrogens with zero attached hydrogens (tertiary/aromatic N) is 4. The van der Waals surface area contributed by atoms with Crippen LogP contribution in [0.2, 0.25) is 0 Å². The predicted octanol–water partition coefficient (Wildman–Crippen LogP) is 2.64. The Morgan fingerprint density at radius 1 is 1.41 bits per heavy atom. The van der Waals surface area contributed by atoms with E-state index in [0.717, 1.165) is 4.90 Å². The molecule has 0 saturated carbocycles. The number of carbonyl (C=O) groups is 2. The molecule has 1 atom stereocenters. The van der Waals surface area contributed by atoms with E-state index < -0.39 is 18.1 Å². The number of hydrogen-bond donors (Lipinski definition) is 2. The monoisotopic (exact) mass is 366 g/mol. The second-order valence-corrected chi connectivity index (χ2v) is 5.94. The fraction of sp³-hybridized carbons (Fsp3) is 0.278. The Hall–Kier alpha value is -3.67. The topological polar surface area (TPSA) is 124 Å². The van der Waals surface area contributed by atoms with Gasteiger partial charge in [0.25, 0.3) is 0 Å². The molecule has 0 radical (unpaired) electrons. The van der Waals surface area contributed by atoms with Gasteiger partial charge in [-0.1, -0.05) is 12.1 Å². The second-order valence-electron chi connectivity index (χ2n) is 5.94. The highest BCUT2D eigenvalue weighted by Crippen LogP contribution is 2.34. The van der Waals surface area contributed by atoms with Gasteiger partial charge in [-0.2, -0.15) is 5.26 Å². The number of benzene rings is 1. The fourth-order valence-corrected chi connectivity index (χ4v) is 2.90. The van der Waals surface area contributed by atoms with Crippen LogP contribution in [0.15, 0.2) is 40.0 Å². The number of aromatic nitrogens is 2. The van der Waals surface area contributed by atoms with E-state index in [1.54, 1.807) is 45.0 Å². The average molecular weight is 366 g/mol. The number of aryl methyl sites for hydroxylation is 1. The van der Waals surface area contributed by atoms with E-state index in [2.05, 4.69) is 26.9 Å². The molecule has 0 bridgehead atoms. The Labute approximate surface area is 155 Å². The van der Waals surface area contributed by atoms with Gasteiger partial charge in [0, 0.05) is 24.7 Å². The van der Waals surface area contributed by atoms with Gasteiger partial charge < -0.3 is 15.1 Å². The summed E-state index contributed by atoms with van der Waals surface area (Å²) in [5.41, 5.74) is 1.90. The SMILES string of the molecule is CCNC(=O)N1C(=O)NC(C)=C(C#N)C1c1cccc(-c2nnc(C)o2)c1. The number of urea groups is 2. The van der Waals surface area contributed by atoms with Gasteiger partial charge in [-0.15, -0.1) is 10.2 Å². The lowest BCUT2D eigenvalue weighted by molar-refractivity contribution is 0.173. The number of nitrogens with one attached hydrogen (secondary N) is 2. The van der Waals surface area contributed by atoms with Crippen molar-refractivity contribution in [2.75, 3.05) is 6.54 Å². The maximum Gasteiger partial charge on any atom is 0.330 e. The number of nitriles is 1. The number of carbonyl (C=O) groups excluding carboxylic acids is 2. The summed E-state index contributed by atoms with van der Waals surface area (Å²) in [4.78, 5) is 26.0. The van der Waals surface area contributed by atoms with Gasteiger partial charge >= 0.3 is 12.1 Å². The maximum atomic E-state index is 12.5. The number of imide groups is 1. The van der Waals surface area contributed by atoms with Gasteiger partial charge in [0.1, 0.15) is 6.04 Å². The van der Waals surface area contributed by atoms with Crippen LogP contribution in [0.3, 0.4) is 0 Å². The molecule has 27 heavy (non-hydrogen) atoms. The number of amides is 4. The Balaban J connectivity index is 2.12. The highest BCUT2D eigenvalue weighted by atomic mass is 16.4. The summed E-state index contributed by atoms with van der Waals surface area (Å²) in [5.74, 6) is 0.739. The van der Waals surface area contributed by atoms with Crippen molar-refractivity contribution in [1.82, 2.24) is 25.7 Å². The summed E-state index contributed by atoms with van der Waals surface area (Å²) in [6.45, 7) is 5.41. The highest BCUT2D eigenvalue weighted by molar-refractivity contribution is 5.96. The number of hydrogen-bond acceptors (Lipinski definition) is 6. The zero-order valence-corrected chi connectivity index (χ0v) is 15.1. The van der Waals surface area contributed by atoms with Crippen molar-refractivity contribution in [2.24, 2.45) is 0 Å². The fourth-order valence-electron chi connectivity index (χ4n) is 2.90. The molecule has 4 amide bonds. The van der Waals surface area contributed by atoms with Crippen LogP contribution in [0.4, 0.5) is 9.59 Å². The van der Waals surface area contributed by atoms with Crippen LogP contribution in [0, 0.1) is 18.3 Å². The molecule has 3 rings (SSSR count). The molecule has 2 aromatic rings. The van der Waals surface area contributed by atoms with E-state index in [4.69, 9.17) is 4.42 Å². The molecule has 2 heterocycles. The van der Waals surface area contributed by atoms with Gasteiger partial charge in [-0.3, -0.25) is 0 Å². The highest BCUT2D eigenvalue weighted by Gasteiger charge is 2.38. The van der Waals surface area contributed by atoms with Crippen LogP contribution in [0.5, 0.6) is 0 Å². The van der Waals surface area contributed by atoms with Crippen LogP contribution in [0.25, 0.3) is 11.5 Å². The molecule has 1 unspecified atom stereocenters. The van der Waals surface area contributed by atoms with E-state index in [9.17, 15) is 14.9 Å². The third kappa shape index (κ3) is 3.37. The first-order valence-electron chi connectivity index (χ1n) is 8.35. The zero-order chi connectivity index (χ0) is 19.6. The van der Waals surface area contributed by atoms with Crippen molar-refractivity contribution < 1.29 is 14.0 Å². The van der Waals surface area contributed by atoms with Crippen molar-refractivity contribution in [2.45, 2.75) is 26.8 Å². The van der Waals surface area contributed by atoms with Crippen molar-refractivity contribution in [3.8, 4) is 17.5 Å². The largest absolute Gasteiger partial charge is 0.421 e. The van der Waals surface area contributed by atoms with Gasteiger partial charge in [0.05, 0.1) is 11.6 Å². The Bertz CT molecular complexity index is 971. The van der Waals surface area contributed by atoms with Crippen molar-refractivity contribution in [1.29, 1.82) is 5.26 Å². The van der Waals surface area contributed by atoms with Gasteiger partial charge in [0.2, 0.25) is 11.8 Å². The summed E-state index contributed by atoms with van der Waals surface area (Å²) >= 11 is 0. The van der Waals surface area contributed by atoms with Crippen molar-refractivity contribution >= 4 is 12.1 Å². The maximum absolute atomic E-state index is 12.5. The lowest BCUT2D eigenvalue weighted by Gasteiger charge is -2.34. The van der Waals surface area contributed by atoms with E-state index in [-0.39, 0.29) is 5.57 Å². The summed E-state index contributed by atoms with van der Waals surface area (Å²) in [7, 11) is 0. The zero-order valence-electron chi connectivity index (χ0n) is 15.1. The number of allylic oxidation sites excluding steroid dienone is 1. The van der Waals surface area contributed by atoms with Gasteiger partial charge in [0.15, 0.2) is 0 Å². The second kappa shape index (κ2) is 7.29. The molecule has 1 aromatic heterocycles. The summed E-state index contributed by atoms with van der Waals surface area (Å²) in [6.07, 6.45) is 0. The Morgan fingerprint density at radius 3 is 2.81 bits per heavy atom. The predicted molar refractivity (Wildman–Crippen MR) is 95.0 cm³/mol. The smallest absolute Gasteiger partial charge is 0.330 e. The molecule has 0 aliphatic carbocycles. The van der Waals surface area contributed by atoms with Gasteiger partial charge in [-0.05, 0) is 31.5 Å². The molecule has 1 aromatic carbocycles. The van der Waals surface area contributed by atoms with Crippen LogP contribution >= 0.6 is 0 Å². The first-order chi connectivity index (χ1) is 13.0. The molecular weight excluding hydrogens is 348 g/mol. The van der Waals surface area contributed by atoms with Crippen LogP contribution in [0.1, 0.15) is 31.3 Å². The Morgan fingerprint density at radius 2 is 2.19 bits per heavy atom. The molecule has 1 aliphatic heterocycles. The average Bonchev–Trinajstić information content (AvgIpc) is 3.08. The van der Waals surface area contributed by atoms with E-state index in [0.29, 0.717) is 35.2 Å². The lowest BCUT2D eigenvalue weighted by Crippen LogP contribution is -2.53. The van der Waals surface area contributed by atoms with Crippen molar-refractivity contribution in [3.05, 3.63) is 47.0 Å². The van der Waals surface area contributed by atoms with E-state index in [1.165, 1.54) is 0 Å². The molecule has 138 valence electrons. The molecule has 9 heteroatoms. The quantitative estimate of drug-likeness (QED) is 0.860. The van der Waals surface area contributed by atoms with Crippen LogP contribution < -0.4 is 10.6 Å². The lowest BCUT2D eigenvalue weighted by atomic mass is 9.93. The van der Waals surface area contributed by atoms with Crippen LogP contribution in [-0.4, -0.2) is 33.7 Å². The minimum Gasteiger partial charge on any atom is -0.421 e. The van der Waals surface area contributed by atoms with E-state index >= 15 is 0 Å². The van der Waals surface area contributed by atoms with E-state index in [1.807, 2.05) is 0 Å². The van der Waals surface area contributed by atoms with Gasteiger partial charge in [-0.25, -0.2) is 14.5 Å². The first kappa shape index (κ1) is 18.1. The number of rotatable bonds is 3. The third-order valence-corrected chi connectivity index (χ3v) is 4.09. The standard InChI is InChI=1S/C18H18N6O3/c1-4-20-17(25)24-15(14(9-19)10(2)21-18(24)26)12-6-5-7-13(8-12)16-23-22-11(3)27-16/h5-8,15H,4H2,1-3H3,(H,20,25)(H,21,26). The van der Waals surface area contributed by atoms with Crippen molar-refractivity contribution in [3.63, 3.8) is 0 Å². The van der Waals surface area contributed by atoms with Crippen LogP contribution in [-0.2, 0) is 0 Å². The molecule has 0 fully saturated rings. The minimum atomic E-state index is -0.862.